The van der Waals surface area contributed by atoms with Gasteiger partial charge in [-0.05, 0) is 39.1 Å². The fourth-order valence-electron chi connectivity index (χ4n) is 1.80. The molecule has 0 saturated heterocycles. The quantitative estimate of drug-likeness (QED) is 0.881. The Morgan fingerprint density at radius 2 is 2.22 bits per heavy atom. The second kappa shape index (κ2) is 5.69. The van der Waals surface area contributed by atoms with Crippen molar-refractivity contribution >= 4 is 0 Å². The van der Waals surface area contributed by atoms with E-state index in [1.54, 1.807) is 6.20 Å². The summed E-state index contributed by atoms with van der Waals surface area (Å²) >= 11 is 0. The van der Waals surface area contributed by atoms with Crippen LogP contribution in [-0.2, 0) is 13.2 Å². The van der Waals surface area contributed by atoms with Crippen molar-refractivity contribution in [3.05, 3.63) is 47.2 Å². The number of aryl methyl sites for hydroxylation is 2. The molecule has 0 bridgehead atoms. The van der Waals surface area contributed by atoms with Crippen LogP contribution in [0, 0.1) is 13.8 Å². The summed E-state index contributed by atoms with van der Waals surface area (Å²) in [4.78, 5) is 4.18. The maximum Gasteiger partial charge on any atom is 0.146 e. The van der Waals surface area contributed by atoms with Crippen molar-refractivity contribution in [1.82, 2.24) is 10.3 Å². The van der Waals surface area contributed by atoms with Gasteiger partial charge in [0, 0.05) is 18.3 Å². The number of hydrogen-bond donors (Lipinski definition) is 1. The van der Waals surface area contributed by atoms with Gasteiger partial charge >= 0.3 is 0 Å². The third-order valence-corrected chi connectivity index (χ3v) is 2.77. The van der Waals surface area contributed by atoms with E-state index >= 15 is 0 Å². The van der Waals surface area contributed by atoms with E-state index in [4.69, 9.17) is 9.15 Å². The van der Waals surface area contributed by atoms with Gasteiger partial charge in [0.1, 0.15) is 23.9 Å². The van der Waals surface area contributed by atoms with Crippen LogP contribution in [0.5, 0.6) is 5.75 Å². The summed E-state index contributed by atoms with van der Waals surface area (Å²) in [7, 11) is 1.92. The average Bonchev–Trinajstić information content (AvgIpc) is 2.70. The minimum absolute atomic E-state index is 0.428. The molecule has 0 aliphatic rings. The normalized spacial score (nSPS) is 10.6. The molecule has 4 heteroatoms. The Morgan fingerprint density at radius 3 is 2.94 bits per heavy atom. The molecule has 1 N–H and O–H groups in total. The first-order chi connectivity index (χ1) is 8.70. The molecule has 96 valence electrons. The molecular formula is C14H18N2O2. The molecule has 0 atom stereocenters. The molecule has 0 radical (unpaired) electrons. The summed E-state index contributed by atoms with van der Waals surface area (Å²) in [6.45, 7) is 5.12. The lowest BCUT2D eigenvalue weighted by atomic mass is 10.2. The zero-order valence-electron chi connectivity index (χ0n) is 11.0. The minimum Gasteiger partial charge on any atom is -0.484 e. The lowest BCUT2D eigenvalue weighted by Crippen LogP contribution is -2.04. The van der Waals surface area contributed by atoms with E-state index in [0.717, 1.165) is 29.5 Å². The Kier molecular flexibility index (Phi) is 3.99. The Morgan fingerprint density at radius 1 is 1.39 bits per heavy atom. The highest BCUT2D eigenvalue weighted by molar-refractivity contribution is 5.26. The van der Waals surface area contributed by atoms with Crippen LogP contribution >= 0.6 is 0 Å². The first kappa shape index (κ1) is 12.6. The maximum atomic E-state index is 5.69. The molecule has 2 aromatic rings. The second-order valence-electron chi connectivity index (χ2n) is 4.20. The molecule has 0 amide bonds. The lowest BCUT2D eigenvalue weighted by Gasteiger charge is -2.05. The van der Waals surface area contributed by atoms with Crippen LogP contribution in [0.25, 0.3) is 0 Å². The van der Waals surface area contributed by atoms with Gasteiger partial charge in [-0.2, -0.15) is 0 Å². The highest BCUT2D eigenvalue weighted by atomic mass is 16.5. The molecule has 0 spiro atoms. The standard InChI is InChI=1S/C14H18N2O2/c1-10-14(5-4-6-16-10)17-9-13-7-12(8-15-3)11(2)18-13/h4-7,15H,8-9H2,1-3H3. The summed E-state index contributed by atoms with van der Waals surface area (Å²) in [5.41, 5.74) is 2.05. The summed E-state index contributed by atoms with van der Waals surface area (Å²) in [5.74, 6) is 2.56. The number of rotatable bonds is 5. The van der Waals surface area contributed by atoms with Crippen LogP contribution in [-0.4, -0.2) is 12.0 Å². The molecule has 18 heavy (non-hydrogen) atoms. The molecule has 0 unspecified atom stereocenters. The van der Waals surface area contributed by atoms with Gasteiger partial charge in [-0.1, -0.05) is 0 Å². The van der Waals surface area contributed by atoms with E-state index < -0.39 is 0 Å². The van der Waals surface area contributed by atoms with Gasteiger partial charge in [-0.15, -0.1) is 0 Å². The summed E-state index contributed by atoms with van der Waals surface area (Å²) in [5, 5.41) is 3.11. The van der Waals surface area contributed by atoms with Crippen LogP contribution in [0.15, 0.2) is 28.8 Å². The van der Waals surface area contributed by atoms with Crippen molar-refractivity contribution in [1.29, 1.82) is 0 Å². The van der Waals surface area contributed by atoms with Gasteiger partial charge in [0.15, 0.2) is 0 Å². The fraction of sp³-hybridized carbons (Fsp3) is 0.357. The number of nitrogens with one attached hydrogen (secondary N) is 1. The number of pyridine rings is 1. The van der Waals surface area contributed by atoms with Crippen LogP contribution in [0.2, 0.25) is 0 Å². The number of furan rings is 1. The third-order valence-electron chi connectivity index (χ3n) is 2.77. The Balaban J connectivity index is 2.02. The van der Waals surface area contributed by atoms with E-state index in [1.807, 2.05) is 39.1 Å². The Hall–Kier alpha value is -1.81. The third kappa shape index (κ3) is 2.90. The molecular weight excluding hydrogens is 228 g/mol. The molecule has 0 fully saturated rings. The van der Waals surface area contributed by atoms with Gasteiger partial charge in [0.05, 0.1) is 5.69 Å². The van der Waals surface area contributed by atoms with E-state index in [9.17, 15) is 0 Å². The lowest BCUT2D eigenvalue weighted by molar-refractivity contribution is 0.265. The van der Waals surface area contributed by atoms with Crippen molar-refractivity contribution in [2.75, 3.05) is 7.05 Å². The number of nitrogens with zero attached hydrogens (tertiary/aromatic N) is 1. The smallest absolute Gasteiger partial charge is 0.146 e. The SMILES string of the molecule is CNCc1cc(COc2cccnc2C)oc1C. The second-order valence-corrected chi connectivity index (χ2v) is 4.20. The predicted molar refractivity (Wildman–Crippen MR) is 69.5 cm³/mol. The van der Waals surface area contributed by atoms with Gasteiger partial charge < -0.3 is 14.5 Å². The highest BCUT2D eigenvalue weighted by Crippen LogP contribution is 2.19. The monoisotopic (exact) mass is 246 g/mol. The molecule has 0 saturated carbocycles. The zero-order chi connectivity index (χ0) is 13.0. The molecule has 0 aliphatic carbocycles. The number of hydrogen-bond acceptors (Lipinski definition) is 4. The molecule has 0 aromatic carbocycles. The topological polar surface area (TPSA) is 47.3 Å². The van der Waals surface area contributed by atoms with Crippen molar-refractivity contribution in [3.8, 4) is 5.75 Å². The van der Waals surface area contributed by atoms with E-state index in [0.29, 0.717) is 6.61 Å². The fourth-order valence-corrected chi connectivity index (χ4v) is 1.80. The average molecular weight is 246 g/mol. The van der Waals surface area contributed by atoms with Crippen molar-refractivity contribution < 1.29 is 9.15 Å². The number of aromatic nitrogens is 1. The highest BCUT2D eigenvalue weighted by Gasteiger charge is 2.08. The minimum atomic E-state index is 0.428. The molecule has 4 nitrogen and oxygen atoms in total. The summed E-state index contributed by atoms with van der Waals surface area (Å²) in [6, 6.07) is 5.80. The van der Waals surface area contributed by atoms with Crippen LogP contribution < -0.4 is 10.1 Å². The molecule has 2 heterocycles. The molecule has 2 aromatic heterocycles. The number of ether oxygens (including phenoxy) is 1. The van der Waals surface area contributed by atoms with Crippen LogP contribution in [0.1, 0.15) is 22.8 Å². The van der Waals surface area contributed by atoms with Crippen molar-refractivity contribution in [2.24, 2.45) is 0 Å². The predicted octanol–water partition coefficient (Wildman–Crippen LogP) is 2.59. The van der Waals surface area contributed by atoms with E-state index in [-0.39, 0.29) is 0 Å². The van der Waals surface area contributed by atoms with Crippen LogP contribution in [0.4, 0.5) is 0 Å². The first-order valence-corrected chi connectivity index (χ1v) is 5.98. The Bertz CT molecular complexity index is 520. The van der Waals surface area contributed by atoms with Gasteiger partial charge in [0.2, 0.25) is 0 Å². The van der Waals surface area contributed by atoms with Gasteiger partial charge in [-0.3, -0.25) is 4.98 Å². The van der Waals surface area contributed by atoms with Crippen molar-refractivity contribution in [2.45, 2.75) is 27.0 Å². The zero-order valence-corrected chi connectivity index (χ0v) is 11.0. The van der Waals surface area contributed by atoms with Gasteiger partial charge in [0.25, 0.3) is 0 Å². The Labute approximate surface area is 107 Å². The summed E-state index contributed by atoms with van der Waals surface area (Å²) in [6.07, 6.45) is 1.75. The van der Waals surface area contributed by atoms with E-state index in [1.165, 1.54) is 5.56 Å². The molecule has 0 aliphatic heterocycles. The van der Waals surface area contributed by atoms with Crippen LogP contribution in [0.3, 0.4) is 0 Å². The summed E-state index contributed by atoms with van der Waals surface area (Å²) < 4.78 is 11.3. The van der Waals surface area contributed by atoms with Gasteiger partial charge in [-0.25, -0.2) is 0 Å². The maximum absolute atomic E-state index is 5.69. The van der Waals surface area contributed by atoms with Crippen molar-refractivity contribution in [3.63, 3.8) is 0 Å². The first-order valence-electron chi connectivity index (χ1n) is 5.98. The molecule has 2 rings (SSSR count). The van der Waals surface area contributed by atoms with E-state index in [2.05, 4.69) is 10.3 Å². The largest absolute Gasteiger partial charge is 0.484 e.